The van der Waals surface area contributed by atoms with Gasteiger partial charge in [0.15, 0.2) is 0 Å². The molecule has 2 rings (SSSR count). The van der Waals surface area contributed by atoms with Crippen molar-refractivity contribution in [3.8, 4) is 10.4 Å². The number of benzene rings is 1. The summed E-state index contributed by atoms with van der Waals surface area (Å²) in [5, 5.41) is 2.89. The van der Waals surface area contributed by atoms with Gasteiger partial charge in [-0.3, -0.25) is 0 Å². The molecule has 0 nitrogen and oxygen atoms in total. The van der Waals surface area contributed by atoms with Crippen LogP contribution in [0.4, 0.5) is 0 Å². The third-order valence-electron chi connectivity index (χ3n) is 1.91. The summed E-state index contributed by atoms with van der Waals surface area (Å²) in [6.45, 7) is 2.08. The van der Waals surface area contributed by atoms with E-state index in [1.807, 2.05) is 18.2 Å². The summed E-state index contributed by atoms with van der Waals surface area (Å²) in [4.78, 5) is 1.23. The topological polar surface area (TPSA) is 0 Å². The molecule has 1 heterocycles. The molecule has 0 bridgehead atoms. The molecule has 0 spiro atoms. The van der Waals surface area contributed by atoms with Crippen molar-refractivity contribution in [2.75, 3.05) is 0 Å². The van der Waals surface area contributed by atoms with Crippen LogP contribution in [0.15, 0.2) is 35.7 Å². The van der Waals surface area contributed by atoms with Gasteiger partial charge in [0.25, 0.3) is 0 Å². The van der Waals surface area contributed by atoms with Crippen LogP contribution in [-0.4, -0.2) is 0 Å². The zero-order valence-corrected chi connectivity index (χ0v) is 8.82. The van der Waals surface area contributed by atoms with Crippen molar-refractivity contribution < 1.29 is 0 Å². The molecule has 0 aliphatic heterocycles. The second-order valence-corrected chi connectivity index (χ2v) is 4.32. The van der Waals surface area contributed by atoms with Crippen molar-refractivity contribution in [1.82, 2.24) is 0 Å². The monoisotopic (exact) mass is 208 g/mol. The van der Waals surface area contributed by atoms with Gasteiger partial charge < -0.3 is 0 Å². The Morgan fingerprint density at radius 2 is 2.08 bits per heavy atom. The Balaban J connectivity index is 2.57. The fourth-order valence-corrected chi connectivity index (χ4v) is 2.29. The molecule has 0 radical (unpaired) electrons. The Kier molecular flexibility index (Phi) is 2.38. The first-order valence-electron chi connectivity index (χ1n) is 4.07. The largest absolute Gasteiger partial charge is 0.144 e. The fourth-order valence-electron chi connectivity index (χ4n) is 1.26. The highest BCUT2D eigenvalue weighted by Crippen LogP contribution is 2.31. The molecule has 1 aromatic carbocycles. The minimum atomic E-state index is 0.827. The number of rotatable bonds is 1. The number of hydrogen-bond donors (Lipinski definition) is 0. The molecule has 0 aliphatic carbocycles. The van der Waals surface area contributed by atoms with Crippen molar-refractivity contribution in [1.29, 1.82) is 0 Å². The van der Waals surface area contributed by atoms with Crippen LogP contribution in [0.5, 0.6) is 0 Å². The summed E-state index contributed by atoms with van der Waals surface area (Å²) in [5.41, 5.74) is 2.38. The first kappa shape index (κ1) is 8.79. The highest BCUT2D eigenvalue weighted by atomic mass is 35.5. The van der Waals surface area contributed by atoms with E-state index in [0.29, 0.717) is 0 Å². The van der Waals surface area contributed by atoms with Crippen molar-refractivity contribution in [3.63, 3.8) is 0 Å². The van der Waals surface area contributed by atoms with Crippen LogP contribution in [0.25, 0.3) is 10.4 Å². The Morgan fingerprint density at radius 1 is 1.23 bits per heavy atom. The molecular weight excluding hydrogens is 200 g/mol. The summed E-state index contributed by atoms with van der Waals surface area (Å²) in [5.74, 6) is 0. The SMILES string of the molecule is Cc1ccc(Cl)c(-c2cccs2)c1. The second kappa shape index (κ2) is 3.52. The predicted octanol–water partition coefficient (Wildman–Crippen LogP) is 4.38. The van der Waals surface area contributed by atoms with Gasteiger partial charge in [0.05, 0.1) is 0 Å². The van der Waals surface area contributed by atoms with Gasteiger partial charge in [-0.1, -0.05) is 29.3 Å². The lowest BCUT2D eigenvalue weighted by atomic mass is 10.1. The first-order chi connectivity index (χ1) is 6.27. The average molecular weight is 209 g/mol. The van der Waals surface area contributed by atoms with Gasteiger partial charge >= 0.3 is 0 Å². The summed E-state index contributed by atoms with van der Waals surface area (Å²) in [6.07, 6.45) is 0. The van der Waals surface area contributed by atoms with E-state index in [0.717, 1.165) is 10.6 Å². The van der Waals surface area contributed by atoms with E-state index in [2.05, 4.69) is 24.4 Å². The maximum absolute atomic E-state index is 6.09. The number of thiophene rings is 1. The van der Waals surface area contributed by atoms with Crippen molar-refractivity contribution in [2.45, 2.75) is 6.92 Å². The molecule has 0 atom stereocenters. The molecule has 1 aromatic heterocycles. The zero-order valence-electron chi connectivity index (χ0n) is 7.25. The summed E-state index contributed by atoms with van der Waals surface area (Å²) in [6, 6.07) is 10.2. The maximum Gasteiger partial charge on any atom is 0.0492 e. The van der Waals surface area contributed by atoms with Crippen LogP contribution < -0.4 is 0 Å². The van der Waals surface area contributed by atoms with Gasteiger partial charge in [-0.15, -0.1) is 11.3 Å². The van der Waals surface area contributed by atoms with Crippen molar-refractivity contribution in [3.05, 3.63) is 46.3 Å². The first-order valence-corrected chi connectivity index (χ1v) is 5.33. The molecule has 0 saturated heterocycles. The Hall–Kier alpha value is -0.790. The summed E-state index contributed by atoms with van der Waals surface area (Å²) < 4.78 is 0. The number of halogens is 1. The Morgan fingerprint density at radius 3 is 2.77 bits per heavy atom. The molecule has 2 aromatic rings. The summed E-state index contributed by atoms with van der Waals surface area (Å²) >= 11 is 7.81. The molecule has 0 fully saturated rings. The van der Waals surface area contributed by atoms with Crippen LogP contribution in [-0.2, 0) is 0 Å². The second-order valence-electron chi connectivity index (χ2n) is 2.96. The summed E-state index contributed by atoms with van der Waals surface area (Å²) in [7, 11) is 0. The lowest BCUT2D eigenvalue weighted by Crippen LogP contribution is -1.77. The highest BCUT2D eigenvalue weighted by Gasteiger charge is 2.03. The molecule has 66 valence electrons. The Bertz CT molecular complexity index is 404. The van der Waals surface area contributed by atoms with E-state index in [4.69, 9.17) is 11.6 Å². The number of hydrogen-bond acceptors (Lipinski definition) is 1. The van der Waals surface area contributed by atoms with E-state index in [1.54, 1.807) is 11.3 Å². The van der Waals surface area contributed by atoms with Gasteiger partial charge in [0.1, 0.15) is 0 Å². The fraction of sp³-hybridized carbons (Fsp3) is 0.0909. The zero-order chi connectivity index (χ0) is 9.26. The van der Waals surface area contributed by atoms with Gasteiger partial charge in [-0.2, -0.15) is 0 Å². The normalized spacial score (nSPS) is 10.3. The van der Waals surface area contributed by atoms with E-state index in [-0.39, 0.29) is 0 Å². The molecule has 0 unspecified atom stereocenters. The van der Waals surface area contributed by atoms with Crippen LogP contribution >= 0.6 is 22.9 Å². The molecule has 2 heteroatoms. The molecule has 0 aliphatic rings. The van der Waals surface area contributed by atoms with Gasteiger partial charge in [0.2, 0.25) is 0 Å². The van der Waals surface area contributed by atoms with E-state index in [9.17, 15) is 0 Å². The van der Waals surface area contributed by atoms with E-state index >= 15 is 0 Å². The lowest BCUT2D eigenvalue weighted by Gasteiger charge is -2.02. The third-order valence-corrected chi connectivity index (χ3v) is 3.14. The van der Waals surface area contributed by atoms with Crippen molar-refractivity contribution in [2.24, 2.45) is 0 Å². The van der Waals surface area contributed by atoms with E-state index in [1.165, 1.54) is 10.4 Å². The van der Waals surface area contributed by atoms with Gasteiger partial charge in [0, 0.05) is 15.5 Å². The number of aryl methyl sites for hydroxylation is 1. The molecule has 0 N–H and O–H groups in total. The molecule has 0 amide bonds. The van der Waals surface area contributed by atoms with Crippen LogP contribution in [0.2, 0.25) is 5.02 Å². The smallest absolute Gasteiger partial charge is 0.0492 e. The van der Waals surface area contributed by atoms with Gasteiger partial charge in [-0.05, 0) is 30.5 Å². The average Bonchev–Trinajstić information content (AvgIpc) is 2.61. The quantitative estimate of drug-likeness (QED) is 0.653. The van der Waals surface area contributed by atoms with Crippen LogP contribution in [0.1, 0.15) is 5.56 Å². The van der Waals surface area contributed by atoms with Crippen LogP contribution in [0.3, 0.4) is 0 Å². The standard InChI is InChI=1S/C11H9ClS/c1-8-4-5-10(12)9(7-8)11-3-2-6-13-11/h2-7H,1H3. The predicted molar refractivity (Wildman–Crippen MR) is 59.5 cm³/mol. The van der Waals surface area contributed by atoms with Crippen molar-refractivity contribution >= 4 is 22.9 Å². The third kappa shape index (κ3) is 1.77. The van der Waals surface area contributed by atoms with E-state index < -0.39 is 0 Å². The van der Waals surface area contributed by atoms with Crippen LogP contribution in [0, 0.1) is 6.92 Å². The lowest BCUT2D eigenvalue weighted by molar-refractivity contribution is 1.48. The maximum atomic E-state index is 6.09. The molecule has 13 heavy (non-hydrogen) atoms. The molecular formula is C11H9ClS. The minimum Gasteiger partial charge on any atom is -0.144 e. The molecule has 0 saturated carbocycles. The Labute approximate surface area is 86.8 Å². The highest BCUT2D eigenvalue weighted by molar-refractivity contribution is 7.13. The van der Waals surface area contributed by atoms with Gasteiger partial charge in [-0.25, -0.2) is 0 Å². The minimum absolute atomic E-state index is 0.827.